The van der Waals surface area contributed by atoms with Crippen LogP contribution >= 0.6 is 0 Å². The first-order chi connectivity index (χ1) is 8.22. The lowest BCUT2D eigenvalue weighted by atomic mass is 9.97. The first-order valence-corrected chi connectivity index (χ1v) is 6.40. The van der Waals surface area contributed by atoms with Gasteiger partial charge in [0.25, 0.3) is 0 Å². The second kappa shape index (κ2) is 5.46. The Kier molecular flexibility index (Phi) is 3.95. The zero-order valence-corrected chi connectivity index (χ0v) is 10.6. The third kappa shape index (κ3) is 2.75. The van der Waals surface area contributed by atoms with E-state index in [0.717, 1.165) is 24.9 Å². The zero-order chi connectivity index (χ0) is 12.3. The highest BCUT2D eigenvalue weighted by Crippen LogP contribution is 2.31. The van der Waals surface area contributed by atoms with Gasteiger partial charge in [0, 0.05) is 0 Å². The lowest BCUT2D eigenvalue weighted by molar-refractivity contribution is 0.585. The molecule has 1 aromatic rings. The van der Waals surface area contributed by atoms with Crippen molar-refractivity contribution >= 4 is 0 Å². The Morgan fingerprint density at radius 2 is 2.24 bits per heavy atom. The predicted molar refractivity (Wildman–Crippen MR) is 69.5 cm³/mol. The van der Waals surface area contributed by atoms with Crippen LogP contribution in [0.4, 0.5) is 4.39 Å². The number of rotatable bonds is 4. The largest absolute Gasteiger partial charge is 0.307 e. The average molecular weight is 233 g/mol. The van der Waals surface area contributed by atoms with E-state index in [1.54, 1.807) is 13.0 Å². The van der Waals surface area contributed by atoms with Gasteiger partial charge in [0.1, 0.15) is 5.82 Å². The Morgan fingerprint density at radius 1 is 1.41 bits per heavy atom. The third-order valence-electron chi connectivity index (χ3n) is 3.38. The minimum atomic E-state index is -0.107. The van der Waals surface area contributed by atoms with Crippen LogP contribution in [0.3, 0.4) is 0 Å². The summed E-state index contributed by atoms with van der Waals surface area (Å²) in [5.74, 6) is -0.107. The number of hydrogen-bond donors (Lipinski definition) is 1. The van der Waals surface area contributed by atoms with Gasteiger partial charge in [-0.05, 0) is 49.9 Å². The van der Waals surface area contributed by atoms with Crippen molar-refractivity contribution in [2.75, 3.05) is 6.54 Å². The lowest BCUT2D eigenvalue weighted by Crippen LogP contribution is -2.22. The van der Waals surface area contributed by atoms with Gasteiger partial charge in [0.15, 0.2) is 0 Å². The fraction of sp³-hybridized carbons (Fsp3) is 0.467. The summed E-state index contributed by atoms with van der Waals surface area (Å²) >= 11 is 0. The van der Waals surface area contributed by atoms with Gasteiger partial charge in [-0.25, -0.2) is 4.39 Å². The molecule has 0 saturated carbocycles. The van der Waals surface area contributed by atoms with Crippen molar-refractivity contribution in [2.24, 2.45) is 0 Å². The molecule has 17 heavy (non-hydrogen) atoms. The van der Waals surface area contributed by atoms with Crippen LogP contribution in [-0.2, 0) is 0 Å². The fourth-order valence-electron chi connectivity index (χ4n) is 2.41. The second-order valence-electron chi connectivity index (χ2n) is 4.67. The van der Waals surface area contributed by atoms with Gasteiger partial charge in [-0.1, -0.05) is 30.7 Å². The number of hydrogen-bond acceptors (Lipinski definition) is 1. The van der Waals surface area contributed by atoms with Crippen LogP contribution in [0.25, 0.3) is 0 Å². The molecule has 1 aliphatic rings. The molecule has 0 heterocycles. The highest BCUT2D eigenvalue weighted by molar-refractivity contribution is 5.32. The minimum absolute atomic E-state index is 0.107. The molecule has 0 spiro atoms. The quantitative estimate of drug-likeness (QED) is 0.778. The molecule has 2 heteroatoms. The number of nitrogens with one attached hydrogen (secondary N) is 1. The fourth-order valence-corrected chi connectivity index (χ4v) is 2.41. The van der Waals surface area contributed by atoms with Crippen molar-refractivity contribution in [3.63, 3.8) is 0 Å². The maximum absolute atomic E-state index is 13.6. The van der Waals surface area contributed by atoms with Crippen LogP contribution in [0, 0.1) is 12.7 Å². The van der Waals surface area contributed by atoms with Crippen molar-refractivity contribution in [2.45, 2.75) is 39.2 Å². The van der Waals surface area contributed by atoms with E-state index in [4.69, 9.17) is 0 Å². The minimum Gasteiger partial charge on any atom is -0.307 e. The lowest BCUT2D eigenvalue weighted by Gasteiger charge is -2.20. The highest BCUT2D eigenvalue weighted by Gasteiger charge is 2.18. The average Bonchev–Trinajstić information content (AvgIpc) is 2.83. The van der Waals surface area contributed by atoms with Crippen molar-refractivity contribution < 1.29 is 4.39 Å². The summed E-state index contributed by atoms with van der Waals surface area (Å²) in [5.41, 5.74) is 3.17. The van der Waals surface area contributed by atoms with Crippen molar-refractivity contribution in [3.8, 4) is 0 Å². The summed E-state index contributed by atoms with van der Waals surface area (Å²) in [5, 5.41) is 3.45. The highest BCUT2D eigenvalue weighted by atomic mass is 19.1. The molecule has 0 bridgehead atoms. The standard InChI is InChI=1S/C15H20FN/c1-3-17-15(12-6-4-5-7-12)13-9-8-11(2)14(16)10-13/h6,8-10,15,17H,3-5,7H2,1-2H3. The van der Waals surface area contributed by atoms with Crippen LogP contribution in [0.1, 0.15) is 43.4 Å². The smallest absolute Gasteiger partial charge is 0.126 e. The van der Waals surface area contributed by atoms with E-state index in [0.29, 0.717) is 5.56 Å². The summed E-state index contributed by atoms with van der Waals surface area (Å²) in [6.07, 6.45) is 5.81. The van der Waals surface area contributed by atoms with Crippen LogP contribution in [-0.4, -0.2) is 6.54 Å². The molecule has 0 fully saturated rings. The second-order valence-corrected chi connectivity index (χ2v) is 4.67. The Morgan fingerprint density at radius 3 is 2.82 bits per heavy atom. The Labute approximate surface area is 103 Å². The van der Waals surface area contributed by atoms with E-state index in [1.807, 2.05) is 12.1 Å². The molecule has 1 aromatic carbocycles. The molecule has 1 aliphatic carbocycles. The molecular formula is C15H20FN. The summed E-state index contributed by atoms with van der Waals surface area (Å²) in [6.45, 7) is 4.79. The summed E-state index contributed by atoms with van der Waals surface area (Å²) in [6, 6.07) is 5.76. The first-order valence-electron chi connectivity index (χ1n) is 6.40. The van der Waals surface area contributed by atoms with Crippen LogP contribution in [0.15, 0.2) is 29.8 Å². The maximum Gasteiger partial charge on any atom is 0.126 e. The van der Waals surface area contributed by atoms with Crippen molar-refractivity contribution in [1.29, 1.82) is 0 Å². The van der Waals surface area contributed by atoms with Gasteiger partial charge in [-0.3, -0.25) is 0 Å². The van der Waals surface area contributed by atoms with Crippen molar-refractivity contribution in [3.05, 3.63) is 46.8 Å². The number of allylic oxidation sites excluding steroid dienone is 1. The number of aryl methyl sites for hydroxylation is 1. The molecule has 0 saturated heterocycles. The molecule has 1 N–H and O–H groups in total. The van der Waals surface area contributed by atoms with E-state index in [2.05, 4.69) is 18.3 Å². The van der Waals surface area contributed by atoms with Gasteiger partial charge >= 0.3 is 0 Å². The zero-order valence-electron chi connectivity index (χ0n) is 10.6. The van der Waals surface area contributed by atoms with Gasteiger partial charge in [0.2, 0.25) is 0 Å². The predicted octanol–water partition coefficient (Wildman–Crippen LogP) is 3.90. The molecule has 2 rings (SSSR count). The summed E-state index contributed by atoms with van der Waals surface area (Å²) in [4.78, 5) is 0. The van der Waals surface area contributed by atoms with Crippen molar-refractivity contribution in [1.82, 2.24) is 5.32 Å². The first kappa shape index (κ1) is 12.3. The normalized spacial score (nSPS) is 17.0. The topological polar surface area (TPSA) is 12.0 Å². The number of likely N-dealkylation sites (N-methyl/N-ethyl adjacent to an activating group) is 1. The van der Waals surface area contributed by atoms with Gasteiger partial charge in [-0.2, -0.15) is 0 Å². The molecule has 0 amide bonds. The molecule has 1 atom stereocenters. The summed E-state index contributed by atoms with van der Waals surface area (Å²) in [7, 11) is 0. The van der Waals surface area contributed by atoms with E-state index < -0.39 is 0 Å². The third-order valence-corrected chi connectivity index (χ3v) is 3.38. The van der Waals surface area contributed by atoms with Gasteiger partial charge in [0.05, 0.1) is 6.04 Å². The van der Waals surface area contributed by atoms with E-state index in [1.165, 1.54) is 12.0 Å². The van der Waals surface area contributed by atoms with Crippen LogP contribution < -0.4 is 5.32 Å². The molecule has 1 unspecified atom stereocenters. The van der Waals surface area contributed by atoms with Gasteiger partial charge in [-0.15, -0.1) is 0 Å². The van der Waals surface area contributed by atoms with E-state index in [-0.39, 0.29) is 11.9 Å². The van der Waals surface area contributed by atoms with E-state index >= 15 is 0 Å². The Balaban J connectivity index is 2.28. The van der Waals surface area contributed by atoms with Crippen LogP contribution in [0.2, 0.25) is 0 Å². The maximum atomic E-state index is 13.6. The molecular weight excluding hydrogens is 213 g/mol. The molecule has 92 valence electrons. The number of benzene rings is 1. The molecule has 0 aliphatic heterocycles. The Hall–Kier alpha value is -1.15. The summed E-state index contributed by atoms with van der Waals surface area (Å²) < 4.78 is 13.6. The molecule has 1 nitrogen and oxygen atoms in total. The number of halogens is 1. The molecule has 0 radical (unpaired) electrons. The van der Waals surface area contributed by atoms with Crippen LogP contribution in [0.5, 0.6) is 0 Å². The monoisotopic (exact) mass is 233 g/mol. The van der Waals surface area contributed by atoms with E-state index in [9.17, 15) is 4.39 Å². The SMILES string of the molecule is CCNC(C1=CCCC1)c1ccc(C)c(F)c1. The van der Waals surface area contributed by atoms with Gasteiger partial charge < -0.3 is 5.32 Å². The molecule has 0 aromatic heterocycles. The Bertz CT molecular complexity index is 423.